The van der Waals surface area contributed by atoms with Gasteiger partial charge in [-0.15, -0.1) is 0 Å². The van der Waals surface area contributed by atoms with Crippen molar-refractivity contribution in [3.63, 3.8) is 0 Å². The molecule has 2 heteroatoms. The third-order valence-electron chi connectivity index (χ3n) is 3.73. The van der Waals surface area contributed by atoms with Crippen LogP contribution in [0, 0.1) is 0 Å². The Balaban J connectivity index is 1.83. The maximum Gasteiger partial charge on any atom is 0.0988 e. The zero-order chi connectivity index (χ0) is 11.9. The van der Waals surface area contributed by atoms with Gasteiger partial charge in [0.25, 0.3) is 0 Å². The van der Waals surface area contributed by atoms with Crippen molar-refractivity contribution in [3.8, 4) is 0 Å². The standard InChI is InChI=1S/C16H15NO/c1-3-7-15-12(5-1)9-13-6-2-4-8-16(13)17(15)10-14-11-18-14/h1-8,14H,9-11H2. The molecule has 0 aromatic heterocycles. The molecule has 0 radical (unpaired) electrons. The van der Waals surface area contributed by atoms with E-state index in [9.17, 15) is 0 Å². The first-order valence-corrected chi connectivity index (χ1v) is 6.47. The molecule has 2 nitrogen and oxygen atoms in total. The molecule has 0 amide bonds. The molecule has 2 aliphatic rings. The number of hydrogen-bond acceptors (Lipinski definition) is 2. The summed E-state index contributed by atoms with van der Waals surface area (Å²) in [6.45, 7) is 1.87. The van der Waals surface area contributed by atoms with E-state index < -0.39 is 0 Å². The van der Waals surface area contributed by atoms with E-state index in [2.05, 4.69) is 53.4 Å². The van der Waals surface area contributed by atoms with Crippen LogP contribution in [0.1, 0.15) is 11.1 Å². The lowest BCUT2D eigenvalue weighted by Crippen LogP contribution is -2.27. The van der Waals surface area contributed by atoms with E-state index in [1.807, 2.05) is 0 Å². The smallest absolute Gasteiger partial charge is 0.0988 e. The Hall–Kier alpha value is -1.80. The molecule has 0 saturated carbocycles. The molecule has 2 aromatic carbocycles. The van der Waals surface area contributed by atoms with Crippen molar-refractivity contribution in [1.82, 2.24) is 0 Å². The van der Waals surface area contributed by atoms with Gasteiger partial charge in [0.1, 0.15) is 0 Å². The molecular formula is C16H15NO. The lowest BCUT2D eigenvalue weighted by molar-refractivity contribution is 0.411. The van der Waals surface area contributed by atoms with Gasteiger partial charge in [0.05, 0.1) is 19.3 Å². The highest BCUT2D eigenvalue weighted by Gasteiger charge is 2.30. The van der Waals surface area contributed by atoms with Crippen molar-refractivity contribution in [1.29, 1.82) is 0 Å². The van der Waals surface area contributed by atoms with E-state index >= 15 is 0 Å². The fourth-order valence-corrected chi connectivity index (χ4v) is 2.76. The van der Waals surface area contributed by atoms with E-state index in [-0.39, 0.29) is 0 Å². The highest BCUT2D eigenvalue weighted by atomic mass is 16.6. The summed E-state index contributed by atoms with van der Waals surface area (Å²) in [5, 5.41) is 0. The van der Waals surface area contributed by atoms with Gasteiger partial charge in [-0.1, -0.05) is 36.4 Å². The van der Waals surface area contributed by atoms with Gasteiger partial charge in [0.2, 0.25) is 0 Å². The van der Waals surface area contributed by atoms with Crippen LogP contribution >= 0.6 is 0 Å². The molecule has 1 unspecified atom stereocenters. The van der Waals surface area contributed by atoms with Crippen molar-refractivity contribution < 1.29 is 4.74 Å². The van der Waals surface area contributed by atoms with E-state index in [4.69, 9.17) is 4.74 Å². The molecule has 18 heavy (non-hydrogen) atoms. The molecule has 0 spiro atoms. The third kappa shape index (κ3) is 1.61. The summed E-state index contributed by atoms with van der Waals surface area (Å²) in [6.07, 6.45) is 1.44. The first-order valence-electron chi connectivity index (χ1n) is 6.47. The number of nitrogens with zero attached hydrogens (tertiary/aromatic N) is 1. The average molecular weight is 237 g/mol. The molecule has 1 fully saturated rings. The Morgan fingerprint density at radius 1 is 0.944 bits per heavy atom. The normalized spacial score (nSPS) is 20.2. The summed E-state index contributed by atoms with van der Waals surface area (Å²) in [5.41, 5.74) is 5.51. The van der Waals surface area contributed by atoms with Crippen molar-refractivity contribution in [3.05, 3.63) is 59.7 Å². The molecule has 2 heterocycles. The van der Waals surface area contributed by atoms with Gasteiger partial charge in [0, 0.05) is 17.8 Å². The molecule has 0 N–H and O–H groups in total. The second kappa shape index (κ2) is 3.85. The molecule has 2 aliphatic heterocycles. The molecule has 0 aliphatic carbocycles. The Kier molecular flexibility index (Phi) is 2.17. The van der Waals surface area contributed by atoms with Crippen molar-refractivity contribution in [2.75, 3.05) is 18.1 Å². The predicted molar refractivity (Wildman–Crippen MR) is 72.4 cm³/mol. The van der Waals surface area contributed by atoms with E-state index in [0.717, 1.165) is 19.6 Å². The second-order valence-electron chi connectivity index (χ2n) is 5.00. The maximum absolute atomic E-state index is 5.40. The predicted octanol–water partition coefficient (Wildman–Crippen LogP) is 3.13. The van der Waals surface area contributed by atoms with E-state index in [0.29, 0.717) is 6.10 Å². The molecule has 1 saturated heterocycles. The minimum absolute atomic E-state index is 0.407. The Morgan fingerprint density at radius 3 is 2.06 bits per heavy atom. The topological polar surface area (TPSA) is 15.8 Å². The first kappa shape index (κ1) is 10.2. The SMILES string of the molecule is c1ccc2c(c1)Cc1ccccc1N2CC1CO1. The van der Waals surface area contributed by atoms with Gasteiger partial charge in [-0.25, -0.2) is 0 Å². The monoisotopic (exact) mass is 237 g/mol. The summed E-state index contributed by atoms with van der Waals surface area (Å²) >= 11 is 0. The van der Waals surface area contributed by atoms with Gasteiger partial charge >= 0.3 is 0 Å². The highest BCUT2D eigenvalue weighted by Crippen LogP contribution is 2.39. The van der Waals surface area contributed by atoms with Gasteiger partial charge in [-0.2, -0.15) is 0 Å². The summed E-state index contributed by atoms with van der Waals surface area (Å²) in [6, 6.07) is 17.4. The Morgan fingerprint density at radius 2 is 1.50 bits per heavy atom. The Labute approximate surface area is 107 Å². The van der Waals surface area contributed by atoms with Crippen LogP contribution in [0.4, 0.5) is 11.4 Å². The van der Waals surface area contributed by atoms with Gasteiger partial charge < -0.3 is 9.64 Å². The lowest BCUT2D eigenvalue weighted by Gasteiger charge is -2.33. The van der Waals surface area contributed by atoms with Crippen LogP contribution in [0.2, 0.25) is 0 Å². The molecular weight excluding hydrogens is 222 g/mol. The maximum atomic E-state index is 5.40. The summed E-state index contributed by atoms with van der Waals surface area (Å²) in [4.78, 5) is 2.41. The minimum atomic E-state index is 0.407. The van der Waals surface area contributed by atoms with Crippen molar-refractivity contribution >= 4 is 11.4 Å². The van der Waals surface area contributed by atoms with Crippen LogP contribution in [0.3, 0.4) is 0 Å². The fourth-order valence-electron chi connectivity index (χ4n) is 2.76. The van der Waals surface area contributed by atoms with Crippen LogP contribution in [0.5, 0.6) is 0 Å². The van der Waals surface area contributed by atoms with Crippen molar-refractivity contribution in [2.24, 2.45) is 0 Å². The molecule has 2 aromatic rings. The van der Waals surface area contributed by atoms with Crippen LogP contribution in [0.25, 0.3) is 0 Å². The number of anilines is 2. The minimum Gasteiger partial charge on any atom is -0.371 e. The van der Waals surface area contributed by atoms with E-state index in [1.54, 1.807) is 0 Å². The summed E-state index contributed by atoms with van der Waals surface area (Å²) in [5.74, 6) is 0. The number of rotatable bonds is 2. The zero-order valence-electron chi connectivity index (χ0n) is 10.2. The molecule has 90 valence electrons. The second-order valence-corrected chi connectivity index (χ2v) is 5.00. The van der Waals surface area contributed by atoms with Gasteiger partial charge in [-0.05, 0) is 23.3 Å². The molecule has 1 atom stereocenters. The summed E-state index contributed by atoms with van der Waals surface area (Å²) < 4.78 is 5.40. The van der Waals surface area contributed by atoms with Crippen LogP contribution in [-0.2, 0) is 11.2 Å². The van der Waals surface area contributed by atoms with Crippen LogP contribution in [0.15, 0.2) is 48.5 Å². The number of epoxide rings is 1. The van der Waals surface area contributed by atoms with Gasteiger partial charge in [0.15, 0.2) is 0 Å². The fraction of sp³-hybridized carbons (Fsp3) is 0.250. The quantitative estimate of drug-likeness (QED) is 0.746. The molecule has 4 rings (SSSR count). The number of benzene rings is 2. The van der Waals surface area contributed by atoms with Crippen LogP contribution < -0.4 is 4.90 Å². The van der Waals surface area contributed by atoms with Crippen molar-refractivity contribution in [2.45, 2.75) is 12.5 Å². The highest BCUT2D eigenvalue weighted by molar-refractivity contribution is 5.74. The number of hydrogen-bond donors (Lipinski definition) is 0. The number of para-hydroxylation sites is 2. The van der Waals surface area contributed by atoms with Gasteiger partial charge in [-0.3, -0.25) is 0 Å². The number of ether oxygens (including phenoxy) is 1. The average Bonchev–Trinajstić information content (AvgIpc) is 3.22. The van der Waals surface area contributed by atoms with Crippen LogP contribution in [-0.4, -0.2) is 19.3 Å². The largest absolute Gasteiger partial charge is 0.371 e. The zero-order valence-corrected chi connectivity index (χ0v) is 10.2. The third-order valence-corrected chi connectivity index (χ3v) is 3.73. The number of fused-ring (bicyclic) bond motifs is 2. The first-order chi connectivity index (χ1) is 8.92. The Bertz CT molecular complexity index is 544. The molecule has 0 bridgehead atoms. The lowest BCUT2D eigenvalue weighted by atomic mass is 9.95. The summed E-state index contributed by atoms with van der Waals surface area (Å²) in [7, 11) is 0. The van der Waals surface area contributed by atoms with E-state index in [1.165, 1.54) is 22.5 Å².